The van der Waals surface area contributed by atoms with Crippen LogP contribution in [0.2, 0.25) is 0 Å². The van der Waals surface area contributed by atoms with E-state index in [4.69, 9.17) is 4.74 Å². The fourth-order valence-corrected chi connectivity index (χ4v) is 4.32. The van der Waals surface area contributed by atoms with Crippen molar-refractivity contribution >= 4 is 17.4 Å². The van der Waals surface area contributed by atoms with Gasteiger partial charge in [-0.25, -0.2) is 0 Å². The predicted octanol–water partition coefficient (Wildman–Crippen LogP) is 5.36. The lowest BCUT2D eigenvalue weighted by Gasteiger charge is -2.26. The number of hydrogen-bond acceptors (Lipinski definition) is 5. The maximum Gasteiger partial charge on any atom is 0.295 e. The lowest BCUT2D eigenvalue weighted by molar-refractivity contribution is -0.140. The zero-order chi connectivity index (χ0) is 25.1. The number of aromatic nitrogens is 1. The number of benzene rings is 2. The third-order valence-corrected chi connectivity index (χ3v) is 6.15. The predicted molar refractivity (Wildman–Crippen MR) is 135 cm³/mol. The average Bonchev–Trinajstić information content (AvgIpc) is 3.08. The van der Waals surface area contributed by atoms with Crippen LogP contribution in [0.3, 0.4) is 0 Å². The lowest BCUT2D eigenvalue weighted by atomic mass is 9.92. The van der Waals surface area contributed by atoms with Gasteiger partial charge in [-0.05, 0) is 72.4 Å². The minimum Gasteiger partial charge on any atom is -0.507 e. The fourth-order valence-electron chi connectivity index (χ4n) is 4.32. The van der Waals surface area contributed by atoms with Crippen LogP contribution in [0.1, 0.15) is 47.7 Å². The number of amides is 1. The SMILES string of the molecule is Cc1cc(/C(O)=C2\C(=O)C(=O)N(Cc3ccncc3)C2c2ccccc2C)ccc1OCC(C)C. The van der Waals surface area contributed by atoms with Crippen LogP contribution in [0.25, 0.3) is 5.76 Å². The molecular formula is C29H30N2O4. The van der Waals surface area contributed by atoms with E-state index < -0.39 is 17.7 Å². The van der Waals surface area contributed by atoms with E-state index in [9.17, 15) is 14.7 Å². The maximum atomic E-state index is 13.3. The molecule has 0 spiro atoms. The van der Waals surface area contributed by atoms with E-state index in [0.717, 1.165) is 28.0 Å². The molecule has 6 nitrogen and oxygen atoms in total. The third kappa shape index (κ3) is 4.97. The molecule has 1 fully saturated rings. The number of ketones is 1. The van der Waals surface area contributed by atoms with Crippen molar-refractivity contribution in [1.82, 2.24) is 9.88 Å². The molecule has 2 heterocycles. The highest BCUT2D eigenvalue weighted by Crippen LogP contribution is 2.41. The van der Waals surface area contributed by atoms with E-state index in [0.29, 0.717) is 18.1 Å². The quantitative estimate of drug-likeness (QED) is 0.286. The van der Waals surface area contributed by atoms with Gasteiger partial charge in [0.05, 0.1) is 18.2 Å². The maximum absolute atomic E-state index is 13.3. The second-order valence-electron chi connectivity index (χ2n) is 9.32. The number of pyridine rings is 1. The number of aliphatic hydroxyl groups is 1. The molecule has 1 aromatic heterocycles. The highest BCUT2D eigenvalue weighted by molar-refractivity contribution is 6.46. The summed E-state index contributed by atoms with van der Waals surface area (Å²) in [5, 5.41) is 11.4. The minimum atomic E-state index is -0.707. The van der Waals surface area contributed by atoms with Gasteiger partial charge in [-0.3, -0.25) is 14.6 Å². The van der Waals surface area contributed by atoms with Gasteiger partial charge in [0, 0.05) is 24.5 Å². The monoisotopic (exact) mass is 470 g/mol. The van der Waals surface area contributed by atoms with Gasteiger partial charge in [0.25, 0.3) is 11.7 Å². The van der Waals surface area contributed by atoms with E-state index in [1.807, 2.05) is 50.2 Å². The number of ether oxygens (including phenoxy) is 1. The van der Waals surface area contributed by atoms with Crippen molar-refractivity contribution in [3.05, 3.63) is 100 Å². The van der Waals surface area contributed by atoms with E-state index in [-0.39, 0.29) is 17.9 Å². The van der Waals surface area contributed by atoms with Crippen LogP contribution in [-0.2, 0) is 16.1 Å². The van der Waals surface area contributed by atoms with Gasteiger partial charge in [-0.1, -0.05) is 38.1 Å². The Hall–Kier alpha value is -3.93. The molecular weight excluding hydrogens is 440 g/mol. The Bertz CT molecular complexity index is 1280. The highest BCUT2D eigenvalue weighted by atomic mass is 16.5. The molecule has 1 aliphatic heterocycles. The standard InChI is InChI=1S/C29H30N2O4/c1-18(2)17-35-24-10-9-22(15-20(24)4)27(32)25-26(23-8-6-5-7-19(23)3)31(29(34)28(25)33)16-21-11-13-30-14-12-21/h5-15,18,26,32H,16-17H2,1-4H3/b27-25+. The van der Waals surface area contributed by atoms with E-state index >= 15 is 0 Å². The first-order valence-electron chi connectivity index (χ1n) is 11.7. The molecule has 1 aliphatic rings. The van der Waals surface area contributed by atoms with Crippen molar-refractivity contribution in [2.75, 3.05) is 6.61 Å². The second kappa shape index (κ2) is 10.1. The normalized spacial score (nSPS) is 17.3. The highest BCUT2D eigenvalue weighted by Gasteiger charge is 2.46. The molecule has 0 bridgehead atoms. The summed E-state index contributed by atoms with van der Waals surface area (Å²) >= 11 is 0. The summed E-state index contributed by atoms with van der Waals surface area (Å²) in [6, 6.07) is 15.8. The van der Waals surface area contributed by atoms with Crippen LogP contribution >= 0.6 is 0 Å². The van der Waals surface area contributed by atoms with Gasteiger partial charge >= 0.3 is 0 Å². The molecule has 2 aromatic carbocycles. The summed E-state index contributed by atoms with van der Waals surface area (Å²) < 4.78 is 5.85. The summed E-state index contributed by atoms with van der Waals surface area (Å²) in [6.45, 7) is 8.79. The summed E-state index contributed by atoms with van der Waals surface area (Å²) in [6.07, 6.45) is 3.31. The zero-order valence-corrected chi connectivity index (χ0v) is 20.5. The molecule has 1 unspecified atom stereocenters. The second-order valence-corrected chi connectivity index (χ2v) is 9.32. The molecule has 0 aliphatic carbocycles. The van der Waals surface area contributed by atoms with E-state index in [2.05, 4.69) is 18.8 Å². The summed E-state index contributed by atoms with van der Waals surface area (Å²) in [5.41, 5.74) is 3.99. The van der Waals surface area contributed by atoms with Crippen LogP contribution < -0.4 is 4.74 Å². The van der Waals surface area contributed by atoms with Gasteiger partial charge in [-0.15, -0.1) is 0 Å². The number of rotatable bonds is 7. The summed E-state index contributed by atoms with van der Waals surface area (Å²) in [4.78, 5) is 32.1. The molecule has 0 radical (unpaired) electrons. The van der Waals surface area contributed by atoms with Crippen molar-refractivity contribution in [3.63, 3.8) is 0 Å². The van der Waals surface area contributed by atoms with Crippen molar-refractivity contribution < 1.29 is 19.4 Å². The van der Waals surface area contributed by atoms with Gasteiger partial charge in [0.1, 0.15) is 11.5 Å². The Kier molecular flexibility index (Phi) is 7.01. The Morgan fingerprint density at radius 1 is 1.03 bits per heavy atom. The molecule has 1 amide bonds. The Morgan fingerprint density at radius 2 is 1.74 bits per heavy atom. The van der Waals surface area contributed by atoms with Crippen LogP contribution in [0, 0.1) is 19.8 Å². The number of likely N-dealkylation sites (tertiary alicyclic amines) is 1. The topological polar surface area (TPSA) is 79.7 Å². The smallest absolute Gasteiger partial charge is 0.295 e. The van der Waals surface area contributed by atoms with Crippen LogP contribution in [0.5, 0.6) is 5.75 Å². The molecule has 180 valence electrons. The molecule has 3 aromatic rings. The number of carbonyl (C=O) groups is 2. The van der Waals surface area contributed by atoms with Crippen molar-refractivity contribution in [2.45, 2.75) is 40.3 Å². The Labute approximate surface area is 205 Å². The molecule has 1 saturated heterocycles. The summed E-state index contributed by atoms with van der Waals surface area (Å²) in [7, 11) is 0. The largest absolute Gasteiger partial charge is 0.507 e. The molecule has 35 heavy (non-hydrogen) atoms. The molecule has 0 saturated carbocycles. The number of carbonyl (C=O) groups excluding carboxylic acids is 2. The number of aliphatic hydroxyl groups excluding tert-OH is 1. The van der Waals surface area contributed by atoms with E-state index in [1.165, 1.54) is 4.90 Å². The Morgan fingerprint density at radius 3 is 2.40 bits per heavy atom. The molecule has 6 heteroatoms. The number of hydrogen-bond donors (Lipinski definition) is 1. The Balaban J connectivity index is 1.81. The third-order valence-electron chi connectivity index (χ3n) is 6.15. The first-order valence-corrected chi connectivity index (χ1v) is 11.7. The number of aryl methyl sites for hydroxylation is 2. The minimum absolute atomic E-state index is 0.0913. The van der Waals surface area contributed by atoms with Gasteiger partial charge in [0.15, 0.2) is 0 Å². The molecule has 1 atom stereocenters. The van der Waals surface area contributed by atoms with Crippen molar-refractivity contribution in [3.8, 4) is 5.75 Å². The van der Waals surface area contributed by atoms with Gasteiger partial charge in [0.2, 0.25) is 0 Å². The van der Waals surface area contributed by atoms with Crippen LogP contribution in [0.15, 0.2) is 72.6 Å². The number of Topliss-reactive ketones (excluding diaryl/α,β-unsaturated/α-hetero) is 1. The van der Waals surface area contributed by atoms with Gasteiger partial charge < -0.3 is 14.7 Å². The van der Waals surface area contributed by atoms with Crippen molar-refractivity contribution in [2.24, 2.45) is 5.92 Å². The first kappa shape index (κ1) is 24.2. The molecule has 4 rings (SSSR count). The van der Waals surface area contributed by atoms with Crippen LogP contribution in [-0.4, -0.2) is 33.3 Å². The van der Waals surface area contributed by atoms with Crippen molar-refractivity contribution in [1.29, 1.82) is 0 Å². The summed E-state index contributed by atoms with van der Waals surface area (Å²) in [5.74, 6) is -0.406. The zero-order valence-electron chi connectivity index (χ0n) is 20.5. The van der Waals surface area contributed by atoms with Gasteiger partial charge in [-0.2, -0.15) is 0 Å². The average molecular weight is 471 g/mol. The number of nitrogens with zero attached hydrogens (tertiary/aromatic N) is 2. The first-order chi connectivity index (χ1) is 16.8. The lowest BCUT2D eigenvalue weighted by Crippen LogP contribution is -2.29. The fraction of sp³-hybridized carbons (Fsp3) is 0.276. The van der Waals surface area contributed by atoms with E-state index in [1.54, 1.807) is 30.6 Å². The van der Waals surface area contributed by atoms with Crippen LogP contribution in [0.4, 0.5) is 0 Å². The molecule has 1 N–H and O–H groups in total.